The second-order valence-electron chi connectivity index (χ2n) is 6.28. The Kier molecular flexibility index (Phi) is 2.36. The minimum absolute atomic E-state index is 0.150. The second-order valence-corrected chi connectivity index (χ2v) is 7.14. The number of hydrogen-bond acceptors (Lipinski definition) is 0. The zero-order chi connectivity index (χ0) is 14.1. The molecule has 0 saturated carbocycles. The van der Waals surface area contributed by atoms with Crippen molar-refractivity contribution in [1.82, 2.24) is 0 Å². The molecule has 0 N–H and O–H groups in total. The fourth-order valence-electron chi connectivity index (χ4n) is 3.79. The third-order valence-corrected chi connectivity index (χ3v) is 5.26. The predicted molar refractivity (Wildman–Crippen MR) is 88.1 cm³/mol. The average molecular weight is 327 g/mol. The van der Waals surface area contributed by atoms with Gasteiger partial charge in [0.05, 0.1) is 10.9 Å². The van der Waals surface area contributed by atoms with Gasteiger partial charge in [-0.2, -0.15) is 4.58 Å². The number of nitrogens with zero attached hydrogens (tertiary/aromatic N) is 1. The van der Waals surface area contributed by atoms with Crippen LogP contribution in [0.4, 0.5) is 5.69 Å². The number of benzene rings is 2. The lowest BCUT2D eigenvalue weighted by Gasteiger charge is -2.16. The highest BCUT2D eigenvalue weighted by Crippen LogP contribution is 2.47. The van der Waals surface area contributed by atoms with Crippen molar-refractivity contribution >= 4 is 38.1 Å². The Morgan fingerprint density at radius 2 is 2.00 bits per heavy atom. The van der Waals surface area contributed by atoms with Crippen molar-refractivity contribution in [3.8, 4) is 0 Å². The van der Waals surface area contributed by atoms with Crippen LogP contribution in [0.3, 0.4) is 0 Å². The Hall–Kier alpha value is -1.41. The molecule has 2 heteroatoms. The van der Waals surface area contributed by atoms with E-state index in [0.717, 1.165) is 6.42 Å². The number of halogens is 1. The monoisotopic (exact) mass is 326 g/mol. The van der Waals surface area contributed by atoms with Gasteiger partial charge < -0.3 is 0 Å². The summed E-state index contributed by atoms with van der Waals surface area (Å²) in [5.41, 5.74) is 5.77. The van der Waals surface area contributed by atoms with Gasteiger partial charge in [0.15, 0.2) is 5.54 Å². The van der Waals surface area contributed by atoms with E-state index < -0.39 is 0 Å². The summed E-state index contributed by atoms with van der Waals surface area (Å²) in [6.07, 6.45) is 3.39. The molecule has 100 valence electrons. The Morgan fingerprint density at radius 3 is 2.75 bits per heavy atom. The lowest BCUT2D eigenvalue weighted by atomic mass is 9.92. The third-order valence-electron chi connectivity index (χ3n) is 4.57. The van der Waals surface area contributed by atoms with Crippen LogP contribution in [0.1, 0.15) is 32.8 Å². The lowest BCUT2D eigenvalue weighted by Crippen LogP contribution is -2.28. The van der Waals surface area contributed by atoms with Gasteiger partial charge in [-0.05, 0) is 19.1 Å². The van der Waals surface area contributed by atoms with Crippen molar-refractivity contribution < 1.29 is 4.58 Å². The molecule has 0 aliphatic carbocycles. The van der Waals surface area contributed by atoms with E-state index in [1.54, 1.807) is 0 Å². The van der Waals surface area contributed by atoms with Gasteiger partial charge in [0.2, 0.25) is 11.4 Å². The van der Waals surface area contributed by atoms with Crippen LogP contribution in [0, 0.1) is 0 Å². The van der Waals surface area contributed by atoms with Crippen molar-refractivity contribution in [2.24, 2.45) is 0 Å². The van der Waals surface area contributed by atoms with Crippen LogP contribution in [0.25, 0.3) is 10.8 Å². The zero-order valence-electron chi connectivity index (χ0n) is 12.0. The molecule has 0 radical (unpaired) electrons. The van der Waals surface area contributed by atoms with E-state index in [1.165, 1.54) is 37.8 Å². The highest BCUT2D eigenvalue weighted by Gasteiger charge is 2.49. The summed E-state index contributed by atoms with van der Waals surface area (Å²) < 4.78 is 3.71. The first-order valence-electron chi connectivity index (χ1n) is 7.09. The quantitative estimate of drug-likeness (QED) is 0.587. The average Bonchev–Trinajstić information content (AvgIpc) is 2.90. The van der Waals surface area contributed by atoms with Crippen molar-refractivity contribution in [2.75, 3.05) is 0 Å². The molecule has 1 nitrogen and oxygen atoms in total. The molecule has 2 aliphatic heterocycles. The first-order valence-corrected chi connectivity index (χ1v) is 7.88. The first-order chi connectivity index (χ1) is 9.54. The highest BCUT2D eigenvalue weighted by molar-refractivity contribution is 9.10. The maximum Gasteiger partial charge on any atom is 0.217 e. The number of hydrogen-bond donors (Lipinski definition) is 0. The molecule has 4 rings (SSSR count). The van der Waals surface area contributed by atoms with E-state index in [0.29, 0.717) is 0 Å². The summed E-state index contributed by atoms with van der Waals surface area (Å²) in [5, 5.41) is 2.71. The van der Waals surface area contributed by atoms with Gasteiger partial charge in [0.1, 0.15) is 0 Å². The molecular formula is C18H17BrN+. The molecule has 0 fully saturated rings. The van der Waals surface area contributed by atoms with Gasteiger partial charge in [0, 0.05) is 41.8 Å². The highest BCUT2D eigenvalue weighted by atomic mass is 79.9. The summed E-state index contributed by atoms with van der Waals surface area (Å²) in [4.78, 5) is 0. The molecule has 0 amide bonds. The summed E-state index contributed by atoms with van der Waals surface area (Å²) in [6.45, 7) is 6.83. The Bertz CT molecular complexity index is 825. The van der Waals surface area contributed by atoms with Gasteiger partial charge in [-0.15, -0.1) is 0 Å². The van der Waals surface area contributed by atoms with E-state index >= 15 is 0 Å². The zero-order valence-corrected chi connectivity index (χ0v) is 13.6. The molecule has 0 bridgehead atoms. The SMILES string of the molecule is CC=C1CC(C)(C)[N+]2=C1c1cccc3c(Br)ccc2c13. The lowest BCUT2D eigenvalue weighted by molar-refractivity contribution is -0.512. The van der Waals surface area contributed by atoms with E-state index in [4.69, 9.17) is 0 Å². The summed E-state index contributed by atoms with van der Waals surface area (Å²) in [5.74, 6) is 0. The fraction of sp³-hybridized carbons (Fsp3) is 0.278. The number of fused-ring (bicyclic) bond motifs is 2. The van der Waals surface area contributed by atoms with Crippen molar-refractivity contribution in [1.29, 1.82) is 0 Å². The molecule has 0 saturated heterocycles. The second kappa shape index (κ2) is 3.82. The van der Waals surface area contributed by atoms with Crippen LogP contribution in [-0.2, 0) is 0 Å². The Labute approximate surface area is 127 Å². The summed E-state index contributed by atoms with van der Waals surface area (Å²) in [6, 6.07) is 11.1. The van der Waals surface area contributed by atoms with Crippen LogP contribution in [0.2, 0.25) is 0 Å². The van der Waals surface area contributed by atoms with Gasteiger partial charge in [-0.1, -0.05) is 34.1 Å². The van der Waals surface area contributed by atoms with E-state index in [-0.39, 0.29) is 5.54 Å². The van der Waals surface area contributed by atoms with Gasteiger partial charge in [0.25, 0.3) is 0 Å². The normalized spacial score (nSPS) is 21.1. The molecule has 0 spiro atoms. The first kappa shape index (κ1) is 12.3. The van der Waals surface area contributed by atoms with Gasteiger partial charge >= 0.3 is 0 Å². The Balaban J connectivity index is 2.18. The minimum atomic E-state index is 0.150. The van der Waals surface area contributed by atoms with Crippen LogP contribution in [0.5, 0.6) is 0 Å². The van der Waals surface area contributed by atoms with Crippen molar-refractivity contribution in [3.63, 3.8) is 0 Å². The number of allylic oxidation sites excluding steroid dienone is 1. The molecule has 20 heavy (non-hydrogen) atoms. The van der Waals surface area contributed by atoms with Crippen LogP contribution >= 0.6 is 15.9 Å². The topological polar surface area (TPSA) is 3.01 Å². The van der Waals surface area contributed by atoms with E-state index in [1.807, 2.05) is 0 Å². The fourth-order valence-corrected chi connectivity index (χ4v) is 4.25. The number of rotatable bonds is 0. The molecule has 0 aromatic heterocycles. The van der Waals surface area contributed by atoms with Crippen LogP contribution < -0.4 is 0 Å². The largest absolute Gasteiger partial charge is 0.217 e. The standard InChI is InChI=1S/C18H17BrN/c1-4-11-10-18(2,3)20-15-9-8-14(19)12-6-5-7-13(16(12)15)17(11)20/h4-9H,10H2,1-3H3/q+1. The molecule has 2 heterocycles. The molecular weight excluding hydrogens is 310 g/mol. The molecule has 0 unspecified atom stereocenters. The third kappa shape index (κ3) is 1.35. The summed E-state index contributed by atoms with van der Waals surface area (Å²) in [7, 11) is 0. The maximum absolute atomic E-state index is 3.69. The smallest absolute Gasteiger partial charge is 0.186 e. The van der Waals surface area contributed by atoms with Crippen LogP contribution in [-0.4, -0.2) is 15.8 Å². The molecule has 2 aromatic carbocycles. The predicted octanol–water partition coefficient (Wildman–Crippen LogP) is 5.18. The molecule has 2 aromatic rings. The minimum Gasteiger partial charge on any atom is -0.186 e. The molecule has 2 aliphatic rings. The van der Waals surface area contributed by atoms with Crippen molar-refractivity contribution in [3.05, 3.63) is 52.0 Å². The molecule has 0 atom stereocenters. The summed E-state index contributed by atoms with van der Waals surface area (Å²) >= 11 is 3.69. The van der Waals surface area contributed by atoms with Gasteiger partial charge in [-0.25, -0.2) is 0 Å². The Morgan fingerprint density at radius 1 is 1.20 bits per heavy atom. The van der Waals surface area contributed by atoms with E-state index in [9.17, 15) is 0 Å². The van der Waals surface area contributed by atoms with Gasteiger partial charge in [-0.3, -0.25) is 0 Å². The van der Waals surface area contributed by atoms with E-state index in [2.05, 4.69) is 77.7 Å². The van der Waals surface area contributed by atoms with Crippen LogP contribution in [0.15, 0.2) is 46.5 Å². The van der Waals surface area contributed by atoms with Crippen molar-refractivity contribution in [2.45, 2.75) is 32.7 Å². The maximum atomic E-state index is 3.69.